The molecule has 0 spiro atoms. The maximum Gasteiger partial charge on any atom is 0.326 e. The van der Waals surface area contributed by atoms with E-state index in [0.717, 1.165) is 79.7 Å². The molecule has 268 valence electrons. The Morgan fingerprint density at radius 2 is 1.45 bits per heavy atom. The predicted octanol–water partition coefficient (Wildman–Crippen LogP) is 10.4. The zero-order chi connectivity index (χ0) is 34.9. The van der Waals surface area contributed by atoms with Gasteiger partial charge in [0.15, 0.2) is 18.1 Å². The molecule has 49 heavy (non-hydrogen) atoms. The fraction of sp³-hybridized carbons (Fsp3) is 0.625. The molecule has 0 saturated carbocycles. The second kappa shape index (κ2) is 20.7. The van der Waals surface area contributed by atoms with Gasteiger partial charge in [0, 0.05) is 31.2 Å². The third-order valence-electron chi connectivity index (χ3n) is 9.17. The Bertz CT molecular complexity index is 1370. The zero-order valence-corrected chi connectivity index (χ0v) is 31.2. The van der Waals surface area contributed by atoms with Crippen LogP contribution in [-0.4, -0.2) is 50.9 Å². The van der Waals surface area contributed by atoms with Gasteiger partial charge in [-0.2, -0.15) is 8.78 Å². The molecular weight excluding hydrogens is 637 g/mol. The van der Waals surface area contributed by atoms with Crippen LogP contribution in [-0.2, 0) is 10.7 Å². The lowest BCUT2D eigenvalue weighted by Gasteiger charge is -2.15. The molecule has 2 aromatic heterocycles. The van der Waals surface area contributed by atoms with Crippen LogP contribution in [0.25, 0.3) is 22.6 Å². The number of hydrogen-bond donors (Lipinski definition) is 0. The van der Waals surface area contributed by atoms with Crippen LogP contribution >= 0.6 is 0 Å². The molecular formula is C40H57F2N3O3Si. The van der Waals surface area contributed by atoms with Crippen LogP contribution in [0.2, 0.25) is 5.54 Å². The lowest BCUT2D eigenvalue weighted by Crippen LogP contribution is -2.22. The van der Waals surface area contributed by atoms with E-state index in [2.05, 4.69) is 42.6 Å². The molecule has 0 N–H and O–H groups in total. The summed E-state index contributed by atoms with van der Waals surface area (Å²) in [5.74, 6) is -0.927. The Hall–Kier alpha value is -2.91. The van der Waals surface area contributed by atoms with Gasteiger partial charge in [0.2, 0.25) is 0 Å². The maximum atomic E-state index is 14.9. The summed E-state index contributed by atoms with van der Waals surface area (Å²) in [5.41, 5.74) is 2.21. The number of pyridine rings is 1. The smallest absolute Gasteiger partial charge is 0.326 e. The molecule has 3 aromatic rings. The monoisotopic (exact) mass is 693 g/mol. The standard InChI is InChI=1S/C40H57F2N3O3Si/c1-5-7-11-16-30(3)17-12-9-10-13-18-31(4)49-36-26-35(45-38-37(36)48-29-40(38,41)42)39-43-27-33(28-44-39)32-19-21-34(22-20-32)47-25-15-14-24-46-23-8-6-2/h19-22,26-28,30-31H,5-18,23-25,29H2,1-4H3. The third-order valence-corrected chi connectivity index (χ3v) is 10.6. The van der Waals surface area contributed by atoms with Crippen molar-refractivity contribution in [2.45, 2.75) is 129 Å². The lowest BCUT2D eigenvalue weighted by atomic mass is 9.96. The van der Waals surface area contributed by atoms with E-state index in [9.17, 15) is 8.78 Å². The molecule has 0 bridgehead atoms. The summed E-state index contributed by atoms with van der Waals surface area (Å²) >= 11 is 0. The summed E-state index contributed by atoms with van der Waals surface area (Å²) in [6, 6.07) is 9.68. The Morgan fingerprint density at radius 3 is 2.16 bits per heavy atom. The number of unbranched alkanes of at least 4 members (excludes halogenated alkanes) is 7. The highest BCUT2D eigenvalue weighted by Gasteiger charge is 2.45. The second-order valence-corrected chi connectivity index (χ2v) is 15.5. The van der Waals surface area contributed by atoms with Gasteiger partial charge in [-0.15, -0.1) is 0 Å². The summed E-state index contributed by atoms with van der Waals surface area (Å²) in [6.07, 6.45) is 20.3. The summed E-state index contributed by atoms with van der Waals surface area (Å²) in [6.45, 7) is 10.6. The Labute approximate surface area is 296 Å². The van der Waals surface area contributed by atoms with Gasteiger partial charge in [0.05, 0.1) is 16.1 Å². The minimum absolute atomic E-state index is 0.246. The highest BCUT2D eigenvalue weighted by molar-refractivity contribution is 6.56. The van der Waals surface area contributed by atoms with Crippen molar-refractivity contribution in [3.05, 3.63) is 48.4 Å². The highest BCUT2D eigenvalue weighted by Crippen LogP contribution is 2.40. The molecule has 2 unspecified atom stereocenters. The van der Waals surface area contributed by atoms with Crippen molar-refractivity contribution < 1.29 is 23.0 Å². The molecule has 4 rings (SSSR count). The van der Waals surface area contributed by atoms with Crippen molar-refractivity contribution >= 4 is 14.7 Å². The van der Waals surface area contributed by atoms with Crippen LogP contribution in [0.4, 0.5) is 8.78 Å². The van der Waals surface area contributed by atoms with Crippen molar-refractivity contribution in [1.29, 1.82) is 0 Å². The SMILES string of the molecule is CCCCCC(C)CCCCCCC(C)[Si]c1cc(-c2ncc(-c3ccc(OCCCCOCCCC)cc3)cn2)nc2c1OCC2(F)F. The Morgan fingerprint density at radius 1 is 0.796 bits per heavy atom. The average Bonchev–Trinajstić information content (AvgIpc) is 3.42. The van der Waals surface area contributed by atoms with Gasteiger partial charge >= 0.3 is 5.92 Å². The van der Waals surface area contributed by atoms with Crippen molar-refractivity contribution in [3.63, 3.8) is 0 Å². The van der Waals surface area contributed by atoms with Gasteiger partial charge in [0.25, 0.3) is 0 Å². The first-order valence-electron chi connectivity index (χ1n) is 18.8. The van der Waals surface area contributed by atoms with Gasteiger partial charge in [-0.1, -0.05) is 110 Å². The first-order chi connectivity index (χ1) is 23.8. The number of aromatic nitrogens is 3. The van der Waals surface area contributed by atoms with E-state index < -0.39 is 12.5 Å². The topological polar surface area (TPSA) is 66.4 Å². The van der Waals surface area contributed by atoms with Gasteiger partial charge < -0.3 is 14.2 Å². The molecule has 2 atom stereocenters. The number of fused-ring (bicyclic) bond motifs is 1. The number of alkyl halides is 2. The second-order valence-electron chi connectivity index (χ2n) is 13.7. The molecule has 2 radical (unpaired) electrons. The first kappa shape index (κ1) is 38.9. The zero-order valence-electron chi connectivity index (χ0n) is 30.2. The van der Waals surface area contributed by atoms with Crippen LogP contribution in [0, 0.1) is 5.92 Å². The van der Waals surface area contributed by atoms with Gasteiger partial charge in [0.1, 0.15) is 17.2 Å². The van der Waals surface area contributed by atoms with E-state index in [4.69, 9.17) is 14.2 Å². The lowest BCUT2D eigenvalue weighted by molar-refractivity contribution is -0.0243. The molecule has 0 amide bonds. The third kappa shape index (κ3) is 12.7. The van der Waals surface area contributed by atoms with E-state index in [1.165, 1.54) is 51.4 Å². The molecule has 9 heteroatoms. The Kier molecular flexibility index (Phi) is 16.4. The fourth-order valence-electron chi connectivity index (χ4n) is 6.10. The number of nitrogens with zero attached hydrogens (tertiary/aromatic N) is 3. The maximum absolute atomic E-state index is 14.9. The van der Waals surface area contributed by atoms with Crippen LogP contribution < -0.4 is 14.7 Å². The van der Waals surface area contributed by atoms with E-state index in [1.54, 1.807) is 12.4 Å². The van der Waals surface area contributed by atoms with E-state index >= 15 is 0 Å². The van der Waals surface area contributed by atoms with Crippen molar-refractivity contribution in [1.82, 2.24) is 15.0 Å². The van der Waals surface area contributed by atoms with Gasteiger partial charge in [-0.3, -0.25) is 0 Å². The number of benzene rings is 1. The molecule has 0 aliphatic carbocycles. The predicted molar refractivity (Wildman–Crippen MR) is 196 cm³/mol. The first-order valence-corrected chi connectivity index (χ1v) is 19.8. The minimum Gasteiger partial charge on any atom is -0.494 e. The molecule has 3 heterocycles. The molecule has 1 aliphatic heterocycles. The van der Waals surface area contributed by atoms with Crippen molar-refractivity contribution in [2.24, 2.45) is 5.92 Å². The quantitative estimate of drug-likeness (QED) is 0.0687. The molecule has 0 fully saturated rings. The van der Waals surface area contributed by atoms with E-state index in [0.29, 0.717) is 33.2 Å². The minimum atomic E-state index is -3.13. The van der Waals surface area contributed by atoms with E-state index in [-0.39, 0.29) is 11.4 Å². The van der Waals surface area contributed by atoms with Crippen LogP contribution in [0.5, 0.6) is 11.5 Å². The number of rotatable bonds is 24. The summed E-state index contributed by atoms with van der Waals surface area (Å²) in [5, 5.41) is 0.790. The summed E-state index contributed by atoms with van der Waals surface area (Å²) < 4.78 is 46.8. The molecule has 1 aromatic carbocycles. The summed E-state index contributed by atoms with van der Waals surface area (Å²) in [7, 11) is 0.346. The normalized spacial score (nSPS) is 14.7. The summed E-state index contributed by atoms with van der Waals surface area (Å²) in [4.78, 5) is 13.4. The van der Waals surface area contributed by atoms with Gasteiger partial charge in [-0.05, 0) is 59.7 Å². The number of halogens is 2. The van der Waals surface area contributed by atoms with Crippen LogP contribution in [0.1, 0.15) is 123 Å². The Balaban J connectivity index is 1.29. The number of ether oxygens (including phenoxy) is 3. The van der Waals surface area contributed by atoms with Crippen LogP contribution in [0.15, 0.2) is 42.7 Å². The van der Waals surface area contributed by atoms with Crippen molar-refractivity contribution in [3.8, 4) is 34.1 Å². The average molecular weight is 694 g/mol. The van der Waals surface area contributed by atoms with E-state index in [1.807, 2.05) is 30.3 Å². The fourth-order valence-corrected chi connectivity index (χ4v) is 7.52. The van der Waals surface area contributed by atoms with Gasteiger partial charge in [-0.25, -0.2) is 15.0 Å². The molecule has 1 aliphatic rings. The number of hydrogen-bond acceptors (Lipinski definition) is 6. The van der Waals surface area contributed by atoms with Crippen LogP contribution in [0.3, 0.4) is 0 Å². The molecule has 0 saturated heterocycles. The molecule has 6 nitrogen and oxygen atoms in total. The largest absolute Gasteiger partial charge is 0.494 e. The highest BCUT2D eigenvalue weighted by atomic mass is 28.2. The van der Waals surface area contributed by atoms with Crippen molar-refractivity contribution in [2.75, 3.05) is 26.4 Å².